The minimum absolute atomic E-state index is 0.137. The van der Waals surface area contributed by atoms with E-state index in [1.54, 1.807) is 0 Å². The average Bonchev–Trinajstić information content (AvgIpc) is 2.43. The summed E-state index contributed by atoms with van der Waals surface area (Å²) >= 11 is 1.32. The molecule has 1 aromatic rings. The fourth-order valence-electron chi connectivity index (χ4n) is 1.36. The molecule has 0 spiro atoms. The van der Waals surface area contributed by atoms with Crippen molar-refractivity contribution in [3.8, 4) is 0 Å². The number of aromatic nitrogens is 1. The zero-order chi connectivity index (χ0) is 12.6. The van der Waals surface area contributed by atoms with Gasteiger partial charge in [0.2, 0.25) is 10.0 Å². The molecule has 0 saturated heterocycles. The van der Waals surface area contributed by atoms with Crippen LogP contribution in [0.4, 0.5) is 0 Å². The van der Waals surface area contributed by atoms with E-state index in [9.17, 15) is 8.42 Å². The van der Waals surface area contributed by atoms with Gasteiger partial charge >= 0.3 is 0 Å². The Balaban J connectivity index is 3.14. The maximum Gasteiger partial charge on any atom is 0.215 e. The highest BCUT2D eigenvalue weighted by molar-refractivity contribution is 7.88. The van der Waals surface area contributed by atoms with E-state index in [-0.39, 0.29) is 11.2 Å². The Morgan fingerprint density at radius 1 is 1.38 bits per heavy atom. The number of primary sulfonamides is 1. The van der Waals surface area contributed by atoms with Crippen molar-refractivity contribution in [3.63, 3.8) is 0 Å². The molecule has 1 heterocycles. The number of nitrogens with zero attached hydrogens (tertiary/aromatic N) is 1. The van der Waals surface area contributed by atoms with Crippen LogP contribution in [0, 0.1) is 0 Å². The topological polar surface area (TPSA) is 99.1 Å². The van der Waals surface area contributed by atoms with E-state index in [0.717, 1.165) is 10.6 Å². The number of hydrogen-bond donors (Lipinski definition) is 2. The molecule has 1 aromatic heterocycles. The monoisotopic (exact) mass is 263 g/mol. The van der Waals surface area contributed by atoms with Crippen LogP contribution in [-0.4, -0.2) is 13.4 Å². The predicted molar refractivity (Wildman–Crippen MR) is 65.5 cm³/mol. The maximum absolute atomic E-state index is 11.0. The number of rotatable bonds is 3. The number of thiazole rings is 1. The summed E-state index contributed by atoms with van der Waals surface area (Å²) in [5.74, 6) is -0.221. The highest BCUT2D eigenvalue weighted by atomic mass is 32.2. The molecular weight excluding hydrogens is 246 g/mol. The summed E-state index contributed by atoms with van der Waals surface area (Å²) in [5.41, 5.74) is 6.34. The van der Waals surface area contributed by atoms with Crippen molar-refractivity contribution in [2.75, 3.05) is 0 Å². The Bertz CT molecular complexity index is 471. The normalized spacial score (nSPS) is 13.1. The molecule has 0 radical (unpaired) electrons. The Hall–Kier alpha value is -0.500. The molecular formula is C9H17N3O2S2. The molecule has 0 bridgehead atoms. The van der Waals surface area contributed by atoms with Gasteiger partial charge in [-0.1, -0.05) is 20.8 Å². The molecule has 0 saturated carbocycles. The molecule has 5 nitrogen and oxygen atoms in total. The number of hydrogen-bond acceptors (Lipinski definition) is 5. The van der Waals surface area contributed by atoms with E-state index in [1.807, 2.05) is 20.8 Å². The summed E-state index contributed by atoms with van der Waals surface area (Å²) in [6, 6.07) is 0. The van der Waals surface area contributed by atoms with Crippen LogP contribution in [0.25, 0.3) is 0 Å². The van der Waals surface area contributed by atoms with Gasteiger partial charge in [-0.15, -0.1) is 11.3 Å². The molecule has 0 aliphatic carbocycles. The first-order chi connectivity index (χ1) is 7.13. The van der Waals surface area contributed by atoms with Crippen molar-refractivity contribution in [3.05, 3.63) is 15.6 Å². The largest absolute Gasteiger partial charge is 0.326 e. The lowest BCUT2D eigenvalue weighted by atomic mass is 9.91. The zero-order valence-electron chi connectivity index (χ0n) is 9.65. The Kier molecular flexibility index (Phi) is 3.73. The van der Waals surface area contributed by atoms with Gasteiger partial charge in [0.25, 0.3) is 0 Å². The Morgan fingerprint density at radius 3 is 2.25 bits per heavy atom. The molecule has 16 heavy (non-hydrogen) atoms. The predicted octanol–water partition coefficient (Wildman–Crippen LogP) is 0.688. The third-order valence-electron chi connectivity index (χ3n) is 1.96. The fourth-order valence-corrected chi connectivity index (χ4v) is 3.45. The second-order valence-electron chi connectivity index (χ2n) is 4.64. The minimum atomic E-state index is -3.53. The van der Waals surface area contributed by atoms with Crippen LogP contribution < -0.4 is 10.9 Å². The van der Waals surface area contributed by atoms with Crippen molar-refractivity contribution in [2.45, 2.75) is 38.5 Å². The Morgan fingerprint density at radius 2 is 1.94 bits per heavy atom. The van der Waals surface area contributed by atoms with Crippen LogP contribution in [-0.2, 0) is 27.7 Å². The number of sulfonamides is 1. The summed E-state index contributed by atoms with van der Waals surface area (Å²) in [7, 11) is -3.53. The van der Waals surface area contributed by atoms with Gasteiger partial charge in [0, 0.05) is 16.8 Å². The third kappa shape index (κ3) is 3.51. The standard InChI is InChI=1S/C9H17N3O2S2/c1-9(2,3)8-6(4-10)15-7(12-8)5-16(11,13)14/h4-5,10H2,1-3H3,(H2,11,13,14). The van der Waals surface area contributed by atoms with Crippen LogP contribution in [0.2, 0.25) is 0 Å². The van der Waals surface area contributed by atoms with Crippen molar-refractivity contribution in [2.24, 2.45) is 10.9 Å². The van der Waals surface area contributed by atoms with Crippen molar-refractivity contribution >= 4 is 21.4 Å². The molecule has 7 heteroatoms. The molecule has 4 N–H and O–H groups in total. The lowest BCUT2D eigenvalue weighted by Gasteiger charge is -2.16. The summed E-state index contributed by atoms with van der Waals surface area (Å²) in [5, 5.41) is 5.49. The van der Waals surface area contributed by atoms with Gasteiger partial charge in [-0.25, -0.2) is 18.5 Å². The lowest BCUT2D eigenvalue weighted by Crippen LogP contribution is -2.17. The van der Waals surface area contributed by atoms with Crippen LogP contribution in [0.5, 0.6) is 0 Å². The van der Waals surface area contributed by atoms with Gasteiger partial charge in [-0.2, -0.15) is 0 Å². The van der Waals surface area contributed by atoms with E-state index in [0.29, 0.717) is 11.6 Å². The first kappa shape index (κ1) is 13.6. The molecule has 0 aliphatic rings. The molecule has 0 aromatic carbocycles. The van der Waals surface area contributed by atoms with Crippen LogP contribution in [0.15, 0.2) is 0 Å². The van der Waals surface area contributed by atoms with Gasteiger partial charge < -0.3 is 5.73 Å². The quantitative estimate of drug-likeness (QED) is 0.838. The smallest absolute Gasteiger partial charge is 0.215 e. The highest BCUT2D eigenvalue weighted by Gasteiger charge is 2.23. The summed E-state index contributed by atoms with van der Waals surface area (Å²) < 4.78 is 21.9. The highest BCUT2D eigenvalue weighted by Crippen LogP contribution is 2.29. The molecule has 92 valence electrons. The molecule has 0 atom stereocenters. The molecule has 0 fully saturated rings. The van der Waals surface area contributed by atoms with Crippen LogP contribution in [0.3, 0.4) is 0 Å². The first-order valence-electron chi connectivity index (χ1n) is 4.83. The van der Waals surface area contributed by atoms with Gasteiger partial charge in [-0.05, 0) is 0 Å². The second-order valence-corrected chi connectivity index (χ2v) is 7.42. The van der Waals surface area contributed by atoms with Crippen molar-refractivity contribution < 1.29 is 8.42 Å². The lowest BCUT2D eigenvalue weighted by molar-refractivity contribution is 0.564. The maximum atomic E-state index is 11.0. The third-order valence-corrected chi connectivity index (χ3v) is 3.90. The van der Waals surface area contributed by atoms with Gasteiger partial charge in [0.15, 0.2) is 0 Å². The Labute approximate surface area is 99.9 Å². The van der Waals surface area contributed by atoms with Crippen LogP contribution in [0.1, 0.15) is 36.3 Å². The fraction of sp³-hybridized carbons (Fsp3) is 0.667. The molecule has 0 unspecified atom stereocenters. The first-order valence-corrected chi connectivity index (χ1v) is 7.36. The van der Waals surface area contributed by atoms with E-state index < -0.39 is 10.0 Å². The molecule has 0 aliphatic heterocycles. The minimum Gasteiger partial charge on any atom is -0.326 e. The average molecular weight is 263 g/mol. The van der Waals surface area contributed by atoms with Gasteiger partial charge in [-0.3, -0.25) is 0 Å². The second kappa shape index (κ2) is 4.40. The van der Waals surface area contributed by atoms with Crippen molar-refractivity contribution in [1.29, 1.82) is 0 Å². The SMILES string of the molecule is CC(C)(C)c1nc(CS(N)(=O)=O)sc1CN. The van der Waals surface area contributed by atoms with E-state index in [4.69, 9.17) is 10.9 Å². The van der Waals surface area contributed by atoms with Crippen molar-refractivity contribution in [1.82, 2.24) is 4.98 Å². The number of nitrogens with two attached hydrogens (primary N) is 2. The van der Waals surface area contributed by atoms with Crippen LogP contribution >= 0.6 is 11.3 Å². The summed E-state index contributed by atoms with van der Waals surface area (Å²) in [4.78, 5) is 5.24. The molecule has 0 amide bonds. The van der Waals surface area contributed by atoms with E-state index >= 15 is 0 Å². The molecule has 1 rings (SSSR count). The summed E-state index contributed by atoms with van der Waals surface area (Å²) in [6.45, 7) is 6.42. The van der Waals surface area contributed by atoms with Gasteiger partial charge in [0.05, 0.1) is 5.69 Å². The van der Waals surface area contributed by atoms with E-state index in [2.05, 4.69) is 4.98 Å². The van der Waals surface area contributed by atoms with Gasteiger partial charge in [0.1, 0.15) is 10.8 Å². The summed E-state index contributed by atoms with van der Waals surface area (Å²) in [6.07, 6.45) is 0. The van der Waals surface area contributed by atoms with E-state index in [1.165, 1.54) is 11.3 Å². The zero-order valence-corrected chi connectivity index (χ0v) is 11.3.